The Morgan fingerprint density at radius 1 is 1.21 bits per heavy atom. The summed E-state index contributed by atoms with van der Waals surface area (Å²) in [5, 5.41) is 20.2. The van der Waals surface area contributed by atoms with Gasteiger partial charge in [0.25, 0.3) is 11.6 Å². The minimum atomic E-state index is -0.808. The van der Waals surface area contributed by atoms with Crippen molar-refractivity contribution in [2.75, 3.05) is 18.0 Å². The summed E-state index contributed by atoms with van der Waals surface area (Å²) in [4.78, 5) is 39.7. The fourth-order valence-corrected chi connectivity index (χ4v) is 3.94. The predicted octanol–water partition coefficient (Wildman–Crippen LogP) is 2.20. The van der Waals surface area contributed by atoms with Gasteiger partial charge in [-0.15, -0.1) is 0 Å². The highest BCUT2D eigenvalue weighted by Crippen LogP contribution is 2.34. The molecule has 150 valence electrons. The van der Waals surface area contributed by atoms with Crippen LogP contribution >= 0.6 is 0 Å². The molecule has 1 amide bonds. The van der Waals surface area contributed by atoms with Crippen molar-refractivity contribution in [3.63, 3.8) is 0 Å². The number of para-hydroxylation sites is 2. The molecule has 0 spiro atoms. The highest BCUT2D eigenvalue weighted by Gasteiger charge is 2.28. The lowest BCUT2D eigenvalue weighted by Crippen LogP contribution is -2.37. The van der Waals surface area contributed by atoms with Crippen molar-refractivity contribution in [3.05, 3.63) is 68.6 Å². The molecule has 0 aliphatic carbocycles. The van der Waals surface area contributed by atoms with Crippen LogP contribution in [-0.4, -0.2) is 38.7 Å². The summed E-state index contributed by atoms with van der Waals surface area (Å²) in [5.74, 6) is -0.808. The van der Waals surface area contributed by atoms with Crippen molar-refractivity contribution < 1.29 is 14.9 Å². The number of hydrogen-bond acceptors (Lipinski definition) is 6. The topological polar surface area (TPSA) is 134 Å². The molecule has 0 radical (unpaired) electrons. The van der Waals surface area contributed by atoms with Crippen molar-refractivity contribution in [3.8, 4) is 0 Å². The van der Waals surface area contributed by atoms with E-state index in [4.69, 9.17) is 5.21 Å². The summed E-state index contributed by atoms with van der Waals surface area (Å²) in [5.41, 5.74) is 3.17. The Balaban J connectivity index is 1.58. The Kier molecular flexibility index (Phi) is 4.77. The summed E-state index contributed by atoms with van der Waals surface area (Å²) < 4.78 is 1.76. The number of piperidine rings is 1. The van der Waals surface area contributed by atoms with E-state index in [1.807, 2.05) is 29.2 Å². The lowest BCUT2D eigenvalue weighted by molar-refractivity contribution is -0.384. The van der Waals surface area contributed by atoms with E-state index in [-0.39, 0.29) is 23.0 Å². The van der Waals surface area contributed by atoms with Crippen LogP contribution in [0.25, 0.3) is 11.0 Å². The van der Waals surface area contributed by atoms with Crippen molar-refractivity contribution in [2.24, 2.45) is 0 Å². The van der Waals surface area contributed by atoms with Crippen LogP contribution in [0.1, 0.15) is 29.2 Å². The van der Waals surface area contributed by atoms with Gasteiger partial charge in [-0.3, -0.25) is 24.7 Å². The molecule has 3 N–H and O–H groups in total. The molecular formula is C19H19N5O5. The fourth-order valence-electron chi connectivity index (χ4n) is 3.94. The van der Waals surface area contributed by atoms with E-state index in [1.165, 1.54) is 17.6 Å². The number of carbonyl (C=O) groups is 1. The average Bonchev–Trinajstić information content (AvgIpc) is 3.08. The first kappa shape index (κ1) is 18.7. The maximum atomic E-state index is 12.4. The molecule has 1 fully saturated rings. The molecule has 3 aromatic rings. The molecular weight excluding hydrogens is 378 g/mol. The number of benzene rings is 2. The fraction of sp³-hybridized carbons (Fsp3) is 0.263. The Morgan fingerprint density at radius 3 is 2.62 bits per heavy atom. The largest absolute Gasteiger partial charge is 0.366 e. The standard InChI is InChI=1S/C19H19N5O5/c25-18(21-27)12-5-6-16(17(11-12)24(28)29)22-9-7-13(8-10-22)23-15-4-2-1-3-14(15)20-19(23)26/h1-6,11,13,27H,7-10H2,(H,20,26)(H,21,25). The Morgan fingerprint density at radius 2 is 1.93 bits per heavy atom. The lowest BCUT2D eigenvalue weighted by Gasteiger charge is -2.33. The van der Waals surface area contributed by atoms with Crippen molar-refractivity contribution >= 4 is 28.3 Å². The number of nitrogens with one attached hydrogen (secondary N) is 2. The number of nitro groups is 1. The molecule has 4 rings (SSSR count). The molecule has 1 aromatic heterocycles. The Labute approximate surface area is 164 Å². The van der Waals surface area contributed by atoms with E-state index in [1.54, 1.807) is 4.57 Å². The number of amides is 1. The quantitative estimate of drug-likeness (QED) is 0.351. The summed E-state index contributed by atoms with van der Waals surface area (Å²) in [6.45, 7) is 1.06. The van der Waals surface area contributed by atoms with Gasteiger partial charge in [0.15, 0.2) is 0 Å². The number of nitro benzene ring substituents is 1. The maximum absolute atomic E-state index is 12.4. The number of fused-ring (bicyclic) bond motifs is 1. The van der Waals surface area contributed by atoms with Crippen LogP contribution < -0.4 is 16.1 Å². The number of hydroxylamine groups is 1. The number of anilines is 1. The predicted molar refractivity (Wildman–Crippen MR) is 105 cm³/mol. The van der Waals surface area contributed by atoms with Crippen LogP contribution in [0, 0.1) is 10.1 Å². The number of aromatic amines is 1. The molecule has 2 aromatic carbocycles. The normalized spacial score (nSPS) is 14.9. The van der Waals surface area contributed by atoms with Crippen LogP contribution in [0.15, 0.2) is 47.3 Å². The molecule has 2 heterocycles. The van der Waals surface area contributed by atoms with Crippen molar-refractivity contribution in [2.45, 2.75) is 18.9 Å². The number of carbonyl (C=O) groups excluding carboxylic acids is 1. The number of aromatic nitrogens is 2. The monoisotopic (exact) mass is 397 g/mol. The maximum Gasteiger partial charge on any atom is 0.326 e. The summed E-state index contributed by atoms with van der Waals surface area (Å²) in [7, 11) is 0. The molecule has 0 saturated carbocycles. The zero-order valence-corrected chi connectivity index (χ0v) is 15.4. The molecule has 0 atom stereocenters. The van der Waals surface area contributed by atoms with E-state index >= 15 is 0 Å². The number of H-pyrrole nitrogens is 1. The second-order valence-corrected chi connectivity index (χ2v) is 6.94. The van der Waals surface area contributed by atoms with Crippen LogP contribution in [0.5, 0.6) is 0 Å². The first-order valence-electron chi connectivity index (χ1n) is 9.16. The van der Waals surface area contributed by atoms with Crippen LogP contribution in [0.4, 0.5) is 11.4 Å². The second kappa shape index (κ2) is 7.40. The van der Waals surface area contributed by atoms with Crippen LogP contribution in [0.3, 0.4) is 0 Å². The van der Waals surface area contributed by atoms with Gasteiger partial charge < -0.3 is 9.88 Å². The third-order valence-electron chi connectivity index (χ3n) is 5.33. The smallest absolute Gasteiger partial charge is 0.326 e. The number of rotatable bonds is 4. The minimum Gasteiger partial charge on any atom is -0.366 e. The molecule has 0 unspecified atom stereocenters. The first-order chi connectivity index (χ1) is 14.0. The highest BCUT2D eigenvalue weighted by molar-refractivity contribution is 5.95. The van der Waals surface area contributed by atoms with E-state index in [9.17, 15) is 19.7 Å². The SMILES string of the molecule is O=C(NO)c1ccc(N2CCC(n3c(=O)[nH]c4ccccc43)CC2)c([N+](=O)[O-])c1. The average molecular weight is 397 g/mol. The first-order valence-corrected chi connectivity index (χ1v) is 9.16. The van der Waals surface area contributed by atoms with Gasteiger partial charge in [0.2, 0.25) is 0 Å². The summed E-state index contributed by atoms with van der Waals surface area (Å²) in [6.07, 6.45) is 1.30. The van der Waals surface area contributed by atoms with Gasteiger partial charge in [-0.25, -0.2) is 10.3 Å². The minimum absolute atomic E-state index is 0.00295. The third kappa shape index (κ3) is 3.34. The summed E-state index contributed by atoms with van der Waals surface area (Å²) in [6, 6.07) is 11.6. The van der Waals surface area contributed by atoms with E-state index in [0.29, 0.717) is 31.6 Å². The number of hydrogen-bond donors (Lipinski definition) is 3. The molecule has 29 heavy (non-hydrogen) atoms. The molecule has 10 nitrogen and oxygen atoms in total. The third-order valence-corrected chi connectivity index (χ3v) is 5.33. The Hall–Kier alpha value is -3.66. The van der Waals surface area contributed by atoms with Crippen molar-refractivity contribution in [1.82, 2.24) is 15.0 Å². The van der Waals surface area contributed by atoms with Gasteiger partial charge in [0.1, 0.15) is 5.69 Å². The van der Waals surface area contributed by atoms with Gasteiger partial charge in [0, 0.05) is 30.8 Å². The van der Waals surface area contributed by atoms with Gasteiger partial charge in [-0.1, -0.05) is 12.1 Å². The van der Waals surface area contributed by atoms with Gasteiger partial charge in [-0.2, -0.15) is 0 Å². The van der Waals surface area contributed by atoms with E-state index < -0.39 is 10.8 Å². The van der Waals surface area contributed by atoms with Gasteiger partial charge in [0.05, 0.1) is 16.0 Å². The van der Waals surface area contributed by atoms with Gasteiger partial charge >= 0.3 is 5.69 Å². The van der Waals surface area contributed by atoms with Crippen molar-refractivity contribution in [1.29, 1.82) is 0 Å². The molecule has 1 saturated heterocycles. The van der Waals surface area contributed by atoms with E-state index in [2.05, 4.69) is 4.98 Å². The molecule has 10 heteroatoms. The van der Waals surface area contributed by atoms with Crippen LogP contribution in [-0.2, 0) is 0 Å². The molecule has 1 aliphatic heterocycles. The number of nitrogens with zero attached hydrogens (tertiary/aromatic N) is 3. The zero-order chi connectivity index (χ0) is 20.5. The highest BCUT2D eigenvalue weighted by atomic mass is 16.6. The number of imidazole rings is 1. The molecule has 1 aliphatic rings. The molecule has 0 bridgehead atoms. The second-order valence-electron chi connectivity index (χ2n) is 6.94. The summed E-state index contributed by atoms with van der Waals surface area (Å²) >= 11 is 0. The zero-order valence-electron chi connectivity index (χ0n) is 15.4. The lowest BCUT2D eigenvalue weighted by atomic mass is 10.0. The van der Waals surface area contributed by atoms with Crippen LogP contribution in [0.2, 0.25) is 0 Å². The van der Waals surface area contributed by atoms with E-state index in [0.717, 1.165) is 17.1 Å². The Bertz CT molecular complexity index is 1140. The van der Waals surface area contributed by atoms with Gasteiger partial charge in [-0.05, 0) is 37.1 Å².